The highest BCUT2D eigenvalue weighted by Crippen LogP contribution is 2.45. The molecule has 5 nitrogen and oxygen atoms in total. The molecule has 1 atom stereocenters. The Labute approximate surface area is 179 Å². The van der Waals surface area contributed by atoms with E-state index >= 15 is 0 Å². The second kappa shape index (κ2) is 8.85. The third kappa shape index (κ3) is 4.25. The molecule has 1 N–H and O–H groups in total. The number of ketones is 1. The predicted octanol–water partition coefficient (Wildman–Crippen LogP) is 3.93. The van der Waals surface area contributed by atoms with Gasteiger partial charge < -0.3 is 10.2 Å². The summed E-state index contributed by atoms with van der Waals surface area (Å²) in [6.07, 6.45) is -1.45. The van der Waals surface area contributed by atoms with Crippen molar-refractivity contribution >= 4 is 17.6 Å². The number of halogens is 3. The number of Topliss-reactive ketones (excluding diaryl/α,β-unsaturated/α-hetero) is 1. The van der Waals surface area contributed by atoms with Crippen molar-refractivity contribution in [2.24, 2.45) is 5.92 Å². The fourth-order valence-corrected chi connectivity index (χ4v) is 4.64. The summed E-state index contributed by atoms with van der Waals surface area (Å²) in [6.45, 7) is 2.31. The third-order valence-electron chi connectivity index (χ3n) is 6.24. The molecule has 2 amide bonds. The first-order valence-electron chi connectivity index (χ1n) is 10.6. The summed E-state index contributed by atoms with van der Waals surface area (Å²) in [4.78, 5) is 39.4. The van der Waals surface area contributed by atoms with E-state index in [1.165, 1.54) is 6.92 Å². The van der Waals surface area contributed by atoms with E-state index in [9.17, 15) is 27.6 Å². The first-order chi connectivity index (χ1) is 14.6. The van der Waals surface area contributed by atoms with Gasteiger partial charge in [-0.3, -0.25) is 14.4 Å². The highest BCUT2D eigenvalue weighted by molar-refractivity contribution is 6.12. The third-order valence-corrected chi connectivity index (χ3v) is 6.24. The number of alkyl halides is 3. The molecule has 1 saturated carbocycles. The molecule has 1 fully saturated rings. The Morgan fingerprint density at radius 2 is 1.74 bits per heavy atom. The van der Waals surface area contributed by atoms with Gasteiger partial charge in [0, 0.05) is 18.2 Å². The fraction of sp³-hybridized carbons (Fsp3) is 0.522. The standard InChI is InChI=1S/C23H27F3N2O3/c1-15-19(16(2)29)22(23(24,25)26,27-20(30)18-11-7-4-8-12-18)21(31)28(15)14-13-17-9-5-3-6-10-17/h3,5-6,9-10,18H,4,7-8,11-14H2,1-2H3,(H,27,30). The maximum Gasteiger partial charge on any atom is 0.425 e. The Kier molecular flexibility index (Phi) is 6.57. The molecule has 3 rings (SSSR count). The molecule has 1 heterocycles. The van der Waals surface area contributed by atoms with Crippen molar-refractivity contribution in [2.45, 2.75) is 64.1 Å². The van der Waals surface area contributed by atoms with E-state index in [2.05, 4.69) is 0 Å². The number of benzene rings is 1. The van der Waals surface area contributed by atoms with E-state index in [0.717, 1.165) is 36.6 Å². The smallest absolute Gasteiger partial charge is 0.330 e. The highest BCUT2D eigenvalue weighted by atomic mass is 19.4. The van der Waals surface area contributed by atoms with Crippen molar-refractivity contribution in [1.29, 1.82) is 0 Å². The van der Waals surface area contributed by atoms with Gasteiger partial charge in [0.1, 0.15) is 0 Å². The molecule has 0 saturated heterocycles. The van der Waals surface area contributed by atoms with Crippen LogP contribution in [0.5, 0.6) is 0 Å². The quantitative estimate of drug-likeness (QED) is 0.735. The predicted molar refractivity (Wildman–Crippen MR) is 109 cm³/mol. The molecule has 168 valence electrons. The summed E-state index contributed by atoms with van der Waals surface area (Å²) in [5.41, 5.74) is -3.24. The molecule has 2 aliphatic rings. The van der Waals surface area contributed by atoms with Crippen molar-refractivity contribution in [1.82, 2.24) is 10.2 Å². The second-order valence-electron chi connectivity index (χ2n) is 8.28. The van der Waals surface area contributed by atoms with Crippen LogP contribution < -0.4 is 5.32 Å². The van der Waals surface area contributed by atoms with E-state index < -0.39 is 40.8 Å². The highest BCUT2D eigenvalue weighted by Gasteiger charge is 2.69. The largest absolute Gasteiger partial charge is 0.425 e. The Morgan fingerprint density at radius 3 is 2.29 bits per heavy atom. The van der Waals surface area contributed by atoms with Gasteiger partial charge in [-0.1, -0.05) is 49.6 Å². The number of carbonyl (C=O) groups is 3. The molecule has 1 unspecified atom stereocenters. The molecule has 1 aliphatic heterocycles. The zero-order valence-corrected chi connectivity index (χ0v) is 17.7. The number of hydrogen-bond donors (Lipinski definition) is 1. The minimum atomic E-state index is -5.15. The van der Waals surface area contributed by atoms with Crippen molar-refractivity contribution in [3.05, 3.63) is 47.2 Å². The van der Waals surface area contributed by atoms with Crippen LogP contribution in [0.15, 0.2) is 41.6 Å². The number of allylic oxidation sites excluding steroid dienone is 1. The average Bonchev–Trinajstić information content (AvgIpc) is 2.94. The maximum absolute atomic E-state index is 14.5. The van der Waals surface area contributed by atoms with Crippen LogP contribution in [0.4, 0.5) is 13.2 Å². The van der Waals surface area contributed by atoms with Crippen LogP contribution in [0.3, 0.4) is 0 Å². The van der Waals surface area contributed by atoms with Crippen LogP contribution in [0.2, 0.25) is 0 Å². The molecule has 1 aromatic carbocycles. The van der Waals surface area contributed by atoms with Gasteiger partial charge in [-0.2, -0.15) is 13.2 Å². The van der Waals surface area contributed by atoms with Crippen molar-refractivity contribution in [3.63, 3.8) is 0 Å². The summed E-state index contributed by atoms with van der Waals surface area (Å²) >= 11 is 0. The summed E-state index contributed by atoms with van der Waals surface area (Å²) in [6, 6.07) is 9.05. The molecule has 1 aromatic rings. The molecule has 8 heteroatoms. The first kappa shape index (κ1) is 23.0. The van der Waals surface area contributed by atoms with Gasteiger partial charge in [-0.05, 0) is 38.7 Å². The van der Waals surface area contributed by atoms with Crippen LogP contribution in [0.25, 0.3) is 0 Å². The van der Waals surface area contributed by atoms with E-state index in [4.69, 9.17) is 0 Å². The summed E-state index contributed by atoms with van der Waals surface area (Å²) in [7, 11) is 0. The second-order valence-corrected chi connectivity index (χ2v) is 8.28. The summed E-state index contributed by atoms with van der Waals surface area (Å²) in [5.74, 6) is -3.60. The normalized spacial score (nSPS) is 22.7. The number of hydrogen-bond acceptors (Lipinski definition) is 3. The molecule has 0 bridgehead atoms. The molecular weight excluding hydrogens is 409 g/mol. The van der Waals surface area contributed by atoms with Crippen LogP contribution in [0.1, 0.15) is 51.5 Å². The van der Waals surface area contributed by atoms with Gasteiger partial charge in [0.25, 0.3) is 5.91 Å². The lowest BCUT2D eigenvalue weighted by Gasteiger charge is -2.35. The van der Waals surface area contributed by atoms with Crippen molar-refractivity contribution in [3.8, 4) is 0 Å². The van der Waals surface area contributed by atoms with Crippen LogP contribution in [0, 0.1) is 5.92 Å². The fourth-order valence-electron chi connectivity index (χ4n) is 4.64. The van der Waals surface area contributed by atoms with Gasteiger partial charge >= 0.3 is 6.18 Å². The summed E-state index contributed by atoms with van der Waals surface area (Å²) in [5, 5.41) is 2.01. The Bertz CT molecular complexity index is 889. The molecular formula is C23H27F3N2O3. The lowest BCUT2D eigenvalue weighted by Crippen LogP contribution is -2.66. The number of rotatable bonds is 6. The monoisotopic (exact) mass is 436 g/mol. The Hall–Kier alpha value is -2.64. The number of amides is 2. The summed E-state index contributed by atoms with van der Waals surface area (Å²) < 4.78 is 43.4. The van der Waals surface area contributed by atoms with Crippen molar-refractivity contribution in [2.75, 3.05) is 6.54 Å². The lowest BCUT2D eigenvalue weighted by molar-refractivity contribution is -0.195. The van der Waals surface area contributed by atoms with E-state index in [-0.39, 0.29) is 12.2 Å². The minimum Gasteiger partial charge on any atom is -0.330 e. The number of carbonyl (C=O) groups excluding carboxylic acids is 3. The first-order valence-corrected chi connectivity index (χ1v) is 10.6. The average molecular weight is 436 g/mol. The van der Waals surface area contributed by atoms with Crippen LogP contribution in [-0.4, -0.2) is 40.8 Å². The molecule has 0 spiro atoms. The van der Waals surface area contributed by atoms with Crippen LogP contribution in [-0.2, 0) is 20.8 Å². The van der Waals surface area contributed by atoms with E-state index in [1.54, 1.807) is 12.1 Å². The Balaban J connectivity index is 1.97. The van der Waals surface area contributed by atoms with E-state index in [1.807, 2.05) is 23.5 Å². The SMILES string of the molecule is CC(=O)C1=C(C)N(CCc2ccccc2)C(=O)C1(NC(=O)C1CCCCC1)C(F)(F)F. The van der Waals surface area contributed by atoms with E-state index in [0.29, 0.717) is 19.3 Å². The maximum atomic E-state index is 14.5. The van der Waals surface area contributed by atoms with Crippen LogP contribution >= 0.6 is 0 Å². The van der Waals surface area contributed by atoms with Crippen molar-refractivity contribution < 1.29 is 27.6 Å². The van der Waals surface area contributed by atoms with Gasteiger partial charge in [0.2, 0.25) is 11.4 Å². The Morgan fingerprint density at radius 1 is 1.13 bits per heavy atom. The zero-order chi connectivity index (χ0) is 22.8. The zero-order valence-electron chi connectivity index (χ0n) is 17.7. The van der Waals surface area contributed by atoms with Gasteiger partial charge in [-0.15, -0.1) is 0 Å². The molecule has 0 radical (unpaired) electrons. The molecule has 0 aromatic heterocycles. The van der Waals surface area contributed by atoms with Gasteiger partial charge in [-0.25, -0.2) is 0 Å². The van der Waals surface area contributed by atoms with Gasteiger partial charge in [0.15, 0.2) is 5.78 Å². The number of nitrogens with zero attached hydrogens (tertiary/aromatic N) is 1. The topological polar surface area (TPSA) is 66.5 Å². The number of nitrogens with one attached hydrogen (secondary N) is 1. The van der Waals surface area contributed by atoms with Gasteiger partial charge in [0.05, 0.1) is 5.57 Å². The minimum absolute atomic E-state index is 0.0252. The lowest BCUT2D eigenvalue weighted by atomic mass is 9.84. The molecule has 31 heavy (non-hydrogen) atoms. The molecule has 1 aliphatic carbocycles.